The Labute approximate surface area is 199 Å². The summed E-state index contributed by atoms with van der Waals surface area (Å²) in [6.07, 6.45) is 1.72. The SMILES string of the molecule is COc1cc(/C=C(\C#N)c2ccc(Cl)cc2)ccc1OC(=O)COc1ccc(C)cc1Br. The molecule has 7 heteroatoms. The quantitative estimate of drug-likeness (QED) is 0.157. The molecular weight excluding hydrogens is 494 g/mol. The van der Waals surface area contributed by atoms with Crippen molar-refractivity contribution in [2.45, 2.75) is 6.92 Å². The number of carbonyl (C=O) groups excluding carboxylic acids is 1. The van der Waals surface area contributed by atoms with Crippen LogP contribution in [-0.2, 0) is 4.79 Å². The molecule has 0 saturated heterocycles. The van der Waals surface area contributed by atoms with E-state index in [1.165, 1.54) is 7.11 Å². The Bertz CT molecular complexity index is 1200. The maximum atomic E-state index is 12.3. The number of nitrogens with zero attached hydrogens (tertiary/aromatic N) is 1. The van der Waals surface area contributed by atoms with E-state index in [4.69, 9.17) is 25.8 Å². The van der Waals surface area contributed by atoms with E-state index in [0.717, 1.165) is 15.6 Å². The molecule has 0 amide bonds. The van der Waals surface area contributed by atoms with Gasteiger partial charge in [-0.3, -0.25) is 0 Å². The van der Waals surface area contributed by atoms with Crippen molar-refractivity contribution in [2.24, 2.45) is 0 Å². The summed E-state index contributed by atoms with van der Waals surface area (Å²) in [6, 6.07) is 19.8. The molecule has 0 aliphatic heterocycles. The van der Waals surface area contributed by atoms with Crippen molar-refractivity contribution < 1.29 is 19.0 Å². The summed E-state index contributed by atoms with van der Waals surface area (Å²) in [7, 11) is 1.48. The minimum absolute atomic E-state index is 0.256. The van der Waals surface area contributed by atoms with Gasteiger partial charge in [0.1, 0.15) is 5.75 Å². The lowest BCUT2D eigenvalue weighted by atomic mass is 10.0. The van der Waals surface area contributed by atoms with E-state index in [1.54, 1.807) is 54.6 Å². The summed E-state index contributed by atoms with van der Waals surface area (Å²) < 4.78 is 17.1. The van der Waals surface area contributed by atoms with E-state index in [1.807, 2.05) is 19.1 Å². The van der Waals surface area contributed by atoms with Gasteiger partial charge < -0.3 is 14.2 Å². The summed E-state index contributed by atoms with van der Waals surface area (Å²) >= 11 is 9.33. The number of rotatable bonds is 7. The van der Waals surface area contributed by atoms with Crippen molar-refractivity contribution in [1.29, 1.82) is 5.26 Å². The first kappa shape index (κ1) is 23.4. The van der Waals surface area contributed by atoms with Crippen LogP contribution in [0.4, 0.5) is 0 Å². The van der Waals surface area contributed by atoms with E-state index in [2.05, 4.69) is 22.0 Å². The van der Waals surface area contributed by atoms with Crippen molar-refractivity contribution in [3.63, 3.8) is 0 Å². The fourth-order valence-corrected chi connectivity index (χ4v) is 3.58. The zero-order valence-electron chi connectivity index (χ0n) is 17.4. The molecule has 32 heavy (non-hydrogen) atoms. The van der Waals surface area contributed by atoms with Crippen molar-refractivity contribution in [2.75, 3.05) is 13.7 Å². The summed E-state index contributed by atoms with van der Waals surface area (Å²) in [4.78, 5) is 12.3. The van der Waals surface area contributed by atoms with Crippen LogP contribution in [0.25, 0.3) is 11.6 Å². The third-order valence-electron chi connectivity index (χ3n) is 4.43. The Morgan fingerprint density at radius 1 is 1.06 bits per heavy atom. The average Bonchev–Trinajstić information content (AvgIpc) is 2.78. The lowest BCUT2D eigenvalue weighted by Gasteiger charge is -2.12. The standard InChI is InChI=1S/C25H19BrClNO4/c1-16-3-9-22(21(26)11-16)31-15-25(29)32-23-10-4-17(13-24(23)30-2)12-19(14-28)18-5-7-20(27)8-6-18/h3-13H,15H2,1-2H3/b19-12+. The van der Waals surface area contributed by atoms with Crippen LogP contribution in [0.5, 0.6) is 17.2 Å². The number of halogens is 2. The van der Waals surface area contributed by atoms with E-state index in [0.29, 0.717) is 27.7 Å². The molecule has 3 aromatic carbocycles. The van der Waals surface area contributed by atoms with E-state index in [9.17, 15) is 10.1 Å². The molecule has 0 fully saturated rings. The van der Waals surface area contributed by atoms with Crippen LogP contribution in [0.1, 0.15) is 16.7 Å². The zero-order valence-corrected chi connectivity index (χ0v) is 19.7. The minimum Gasteiger partial charge on any atom is -0.493 e. The van der Waals surface area contributed by atoms with Gasteiger partial charge in [0.15, 0.2) is 18.1 Å². The van der Waals surface area contributed by atoms with Gasteiger partial charge >= 0.3 is 5.97 Å². The molecule has 0 N–H and O–H groups in total. The first-order chi connectivity index (χ1) is 15.4. The van der Waals surface area contributed by atoms with Gasteiger partial charge in [-0.05, 0) is 82.0 Å². The summed E-state index contributed by atoms with van der Waals surface area (Å²) in [5.41, 5.74) is 2.99. The number of allylic oxidation sites excluding steroid dienone is 1. The average molecular weight is 513 g/mol. The predicted octanol–water partition coefficient (Wildman–Crippen LogP) is 6.47. The van der Waals surface area contributed by atoms with Crippen LogP contribution < -0.4 is 14.2 Å². The van der Waals surface area contributed by atoms with Gasteiger partial charge in [0.05, 0.1) is 23.2 Å². The normalized spacial score (nSPS) is 10.9. The van der Waals surface area contributed by atoms with Crippen molar-refractivity contribution >= 4 is 45.1 Å². The highest BCUT2D eigenvalue weighted by Crippen LogP contribution is 2.31. The number of hydrogen-bond donors (Lipinski definition) is 0. The monoisotopic (exact) mass is 511 g/mol. The van der Waals surface area contributed by atoms with Gasteiger partial charge in [-0.1, -0.05) is 35.9 Å². The number of nitriles is 1. The van der Waals surface area contributed by atoms with Crippen LogP contribution in [0.15, 0.2) is 65.1 Å². The number of carbonyl (C=O) groups is 1. The fourth-order valence-electron chi connectivity index (χ4n) is 2.85. The second kappa shape index (κ2) is 10.9. The lowest BCUT2D eigenvalue weighted by Crippen LogP contribution is -2.18. The molecular formula is C25H19BrClNO4. The second-order valence-corrected chi connectivity index (χ2v) is 8.07. The molecule has 3 rings (SSSR count). The van der Waals surface area contributed by atoms with Gasteiger partial charge in [-0.2, -0.15) is 5.26 Å². The predicted molar refractivity (Wildman–Crippen MR) is 128 cm³/mol. The molecule has 0 aliphatic carbocycles. The van der Waals surface area contributed by atoms with Crippen molar-refractivity contribution in [1.82, 2.24) is 0 Å². The molecule has 0 bridgehead atoms. The van der Waals surface area contributed by atoms with Crippen molar-refractivity contribution in [3.05, 3.63) is 86.8 Å². The largest absolute Gasteiger partial charge is 0.493 e. The van der Waals surface area contributed by atoms with Gasteiger partial charge in [0, 0.05) is 5.02 Å². The van der Waals surface area contributed by atoms with Crippen LogP contribution >= 0.6 is 27.5 Å². The molecule has 0 heterocycles. The zero-order chi connectivity index (χ0) is 23.1. The van der Waals surface area contributed by atoms with Crippen LogP contribution in [0.3, 0.4) is 0 Å². The maximum absolute atomic E-state index is 12.3. The number of benzene rings is 3. The summed E-state index contributed by atoms with van der Waals surface area (Å²) in [5.74, 6) is 0.590. The van der Waals surface area contributed by atoms with Crippen LogP contribution in [-0.4, -0.2) is 19.7 Å². The Balaban J connectivity index is 1.72. The van der Waals surface area contributed by atoms with E-state index >= 15 is 0 Å². The minimum atomic E-state index is -0.571. The summed E-state index contributed by atoms with van der Waals surface area (Å²) in [6.45, 7) is 1.70. The molecule has 0 aliphatic rings. The Morgan fingerprint density at radius 2 is 1.78 bits per heavy atom. The molecule has 5 nitrogen and oxygen atoms in total. The Hall–Kier alpha value is -3.27. The molecule has 0 aromatic heterocycles. The maximum Gasteiger partial charge on any atom is 0.349 e. The van der Waals surface area contributed by atoms with Gasteiger partial charge in [-0.25, -0.2) is 4.79 Å². The number of esters is 1. The fraction of sp³-hybridized carbons (Fsp3) is 0.120. The Morgan fingerprint density at radius 3 is 2.44 bits per heavy atom. The third-order valence-corrected chi connectivity index (χ3v) is 5.30. The molecule has 162 valence electrons. The first-order valence-corrected chi connectivity index (χ1v) is 10.7. The number of methoxy groups -OCH3 is 1. The van der Waals surface area contributed by atoms with Crippen LogP contribution in [0, 0.1) is 18.3 Å². The van der Waals surface area contributed by atoms with Gasteiger partial charge in [-0.15, -0.1) is 0 Å². The highest BCUT2D eigenvalue weighted by atomic mass is 79.9. The second-order valence-electron chi connectivity index (χ2n) is 6.78. The van der Waals surface area contributed by atoms with Crippen LogP contribution in [0.2, 0.25) is 5.02 Å². The first-order valence-electron chi connectivity index (χ1n) is 9.55. The third kappa shape index (κ3) is 6.13. The number of hydrogen-bond acceptors (Lipinski definition) is 5. The van der Waals surface area contributed by atoms with Gasteiger partial charge in [0.2, 0.25) is 0 Å². The highest BCUT2D eigenvalue weighted by molar-refractivity contribution is 9.10. The summed E-state index contributed by atoms with van der Waals surface area (Å²) in [5, 5.41) is 10.1. The van der Waals surface area contributed by atoms with E-state index < -0.39 is 5.97 Å². The smallest absolute Gasteiger partial charge is 0.349 e. The molecule has 3 aromatic rings. The van der Waals surface area contributed by atoms with Gasteiger partial charge in [0.25, 0.3) is 0 Å². The molecule has 0 atom stereocenters. The number of aryl methyl sites for hydroxylation is 1. The highest BCUT2D eigenvalue weighted by Gasteiger charge is 2.13. The topological polar surface area (TPSA) is 68.5 Å². The Kier molecular flexibility index (Phi) is 7.93. The number of ether oxygens (including phenoxy) is 3. The molecule has 0 spiro atoms. The molecule has 0 unspecified atom stereocenters. The van der Waals surface area contributed by atoms with Crippen molar-refractivity contribution in [3.8, 4) is 23.3 Å². The molecule has 0 saturated carbocycles. The molecule has 0 radical (unpaired) electrons. The van der Waals surface area contributed by atoms with E-state index in [-0.39, 0.29) is 12.4 Å². The lowest BCUT2D eigenvalue weighted by molar-refractivity contribution is -0.136.